The number of Topliss-reactive ketones (excluding diaryl/α,β-unsaturated/α-hetero) is 1. The van der Waals surface area contributed by atoms with Crippen molar-refractivity contribution >= 4 is 11.8 Å². The van der Waals surface area contributed by atoms with E-state index in [2.05, 4.69) is 0 Å². The third kappa shape index (κ3) is 3.59. The Morgan fingerprint density at radius 1 is 1.29 bits per heavy atom. The summed E-state index contributed by atoms with van der Waals surface area (Å²) >= 11 is 0. The van der Waals surface area contributed by atoms with Gasteiger partial charge >= 0.3 is 5.97 Å². The molecule has 2 rings (SSSR count). The second-order valence-electron chi connectivity index (χ2n) is 4.44. The van der Waals surface area contributed by atoms with Gasteiger partial charge in [0.25, 0.3) is 5.78 Å². The van der Waals surface area contributed by atoms with Crippen molar-refractivity contribution in [1.29, 1.82) is 0 Å². The molecule has 1 aliphatic heterocycles. The van der Waals surface area contributed by atoms with Gasteiger partial charge in [-0.1, -0.05) is 6.07 Å². The standard InChI is InChI=1S/C15H18O6/c1-3-19-14(17)13(16)11-9-10(5-6-12(11)18-2)15-20-7-4-8-21-15/h5-6,9,15H,3-4,7-8H2,1-2H3. The molecule has 1 aromatic carbocycles. The van der Waals surface area contributed by atoms with Gasteiger partial charge in [0.15, 0.2) is 6.29 Å². The van der Waals surface area contributed by atoms with Crippen LogP contribution in [-0.2, 0) is 19.0 Å². The molecule has 114 valence electrons. The van der Waals surface area contributed by atoms with Gasteiger partial charge in [0.1, 0.15) is 5.75 Å². The zero-order chi connectivity index (χ0) is 15.2. The predicted molar refractivity (Wildman–Crippen MR) is 73.2 cm³/mol. The van der Waals surface area contributed by atoms with Crippen LogP contribution in [0.1, 0.15) is 35.6 Å². The van der Waals surface area contributed by atoms with E-state index in [9.17, 15) is 9.59 Å². The third-order valence-corrected chi connectivity index (χ3v) is 3.03. The molecule has 0 unspecified atom stereocenters. The maximum atomic E-state index is 12.1. The molecule has 0 spiro atoms. The Morgan fingerprint density at radius 2 is 2.00 bits per heavy atom. The maximum Gasteiger partial charge on any atom is 0.379 e. The van der Waals surface area contributed by atoms with E-state index < -0.39 is 18.0 Å². The van der Waals surface area contributed by atoms with E-state index in [1.54, 1.807) is 25.1 Å². The lowest BCUT2D eigenvalue weighted by atomic mass is 10.1. The SMILES string of the molecule is CCOC(=O)C(=O)c1cc(C2OCCCO2)ccc1OC. The molecule has 0 aromatic heterocycles. The highest BCUT2D eigenvalue weighted by Gasteiger charge is 2.25. The number of hydrogen-bond donors (Lipinski definition) is 0. The van der Waals surface area contributed by atoms with Crippen molar-refractivity contribution in [3.8, 4) is 5.75 Å². The fourth-order valence-electron chi connectivity index (χ4n) is 2.04. The Balaban J connectivity index is 2.29. The smallest absolute Gasteiger partial charge is 0.379 e. The van der Waals surface area contributed by atoms with Crippen LogP contribution in [0.5, 0.6) is 5.75 Å². The first-order valence-corrected chi connectivity index (χ1v) is 6.80. The quantitative estimate of drug-likeness (QED) is 0.469. The molecule has 0 N–H and O–H groups in total. The van der Waals surface area contributed by atoms with Crippen LogP contribution in [0.15, 0.2) is 18.2 Å². The highest BCUT2D eigenvalue weighted by Crippen LogP contribution is 2.28. The number of carbonyl (C=O) groups is 2. The molecule has 6 heteroatoms. The highest BCUT2D eigenvalue weighted by molar-refractivity contribution is 6.41. The molecular weight excluding hydrogens is 276 g/mol. The molecule has 1 saturated heterocycles. The topological polar surface area (TPSA) is 71.1 Å². The lowest BCUT2D eigenvalue weighted by Gasteiger charge is -2.24. The van der Waals surface area contributed by atoms with Gasteiger partial charge in [-0.2, -0.15) is 0 Å². The fourth-order valence-corrected chi connectivity index (χ4v) is 2.04. The van der Waals surface area contributed by atoms with Crippen LogP contribution in [-0.4, -0.2) is 38.7 Å². The van der Waals surface area contributed by atoms with E-state index in [1.807, 2.05) is 0 Å². The normalized spacial score (nSPS) is 15.5. The van der Waals surface area contributed by atoms with E-state index in [-0.39, 0.29) is 12.2 Å². The van der Waals surface area contributed by atoms with Crippen LogP contribution in [0.4, 0.5) is 0 Å². The summed E-state index contributed by atoms with van der Waals surface area (Å²) in [6.45, 7) is 2.97. The third-order valence-electron chi connectivity index (χ3n) is 3.03. The number of esters is 1. The van der Waals surface area contributed by atoms with Crippen molar-refractivity contribution in [3.63, 3.8) is 0 Å². The van der Waals surface area contributed by atoms with E-state index in [1.165, 1.54) is 7.11 Å². The van der Waals surface area contributed by atoms with E-state index in [4.69, 9.17) is 18.9 Å². The number of benzene rings is 1. The molecule has 21 heavy (non-hydrogen) atoms. The number of hydrogen-bond acceptors (Lipinski definition) is 6. The summed E-state index contributed by atoms with van der Waals surface area (Å²) < 4.78 is 20.8. The molecule has 1 fully saturated rings. The van der Waals surface area contributed by atoms with Gasteiger partial charge in [0.05, 0.1) is 32.5 Å². The monoisotopic (exact) mass is 294 g/mol. The Bertz CT molecular complexity index is 519. The minimum absolute atomic E-state index is 0.140. The van der Waals surface area contributed by atoms with Gasteiger partial charge in [-0.3, -0.25) is 4.79 Å². The zero-order valence-corrected chi connectivity index (χ0v) is 12.1. The number of rotatable bonds is 5. The Hall–Kier alpha value is -1.92. The molecule has 1 heterocycles. The second-order valence-corrected chi connectivity index (χ2v) is 4.44. The van der Waals surface area contributed by atoms with Gasteiger partial charge in [-0.25, -0.2) is 4.79 Å². The van der Waals surface area contributed by atoms with Crippen molar-refractivity contribution in [1.82, 2.24) is 0 Å². The summed E-state index contributed by atoms with van der Waals surface area (Å²) in [6, 6.07) is 4.91. The molecule has 6 nitrogen and oxygen atoms in total. The Morgan fingerprint density at radius 3 is 2.62 bits per heavy atom. The first-order valence-electron chi connectivity index (χ1n) is 6.80. The lowest BCUT2D eigenvalue weighted by Crippen LogP contribution is -2.20. The van der Waals surface area contributed by atoms with Crippen LogP contribution >= 0.6 is 0 Å². The van der Waals surface area contributed by atoms with Crippen LogP contribution in [0.3, 0.4) is 0 Å². The molecule has 0 radical (unpaired) electrons. The zero-order valence-electron chi connectivity index (χ0n) is 12.1. The minimum atomic E-state index is -0.904. The maximum absolute atomic E-state index is 12.1. The van der Waals surface area contributed by atoms with E-state index >= 15 is 0 Å². The summed E-state index contributed by atoms with van der Waals surface area (Å²) in [5.41, 5.74) is 0.814. The number of methoxy groups -OCH3 is 1. The Kier molecular flexibility index (Phi) is 5.30. The lowest BCUT2D eigenvalue weighted by molar-refractivity contribution is -0.183. The summed E-state index contributed by atoms with van der Waals surface area (Å²) in [7, 11) is 1.44. The van der Waals surface area contributed by atoms with Gasteiger partial charge in [-0.05, 0) is 25.5 Å². The van der Waals surface area contributed by atoms with Crippen LogP contribution < -0.4 is 4.74 Å². The summed E-state index contributed by atoms with van der Waals surface area (Å²) in [4.78, 5) is 23.7. The average molecular weight is 294 g/mol. The minimum Gasteiger partial charge on any atom is -0.496 e. The largest absolute Gasteiger partial charge is 0.496 e. The molecule has 1 aromatic rings. The van der Waals surface area contributed by atoms with Crippen molar-refractivity contribution in [2.24, 2.45) is 0 Å². The highest BCUT2D eigenvalue weighted by atomic mass is 16.7. The number of ketones is 1. The van der Waals surface area contributed by atoms with Crippen molar-refractivity contribution in [2.45, 2.75) is 19.6 Å². The van der Waals surface area contributed by atoms with Gasteiger partial charge < -0.3 is 18.9 Å². The first kappa shape index (κ1) is 15.5. The summed E-state index contributed by atoms with van der Waals surface area (Å²) in [5, 5.41) is 0. The first-order chi connectivity index (χ1) is 10.2. The van der Waals surface area contributed by atoms with Gasteiger partial charge in [0.2, 0.25) is 0 Å². The molecule has 0 amide bonds. The average Bonchev–Trinajstić information content (AvgIpc) is 2.54. The van der Waals surface area contributed by atoms with Crippen LogP contribution in [0.2, 0.25) is 0 Å². The molecule has 1 aliphatic rings. The summed E-state index contributed by atoms with van der Waals surface area (Å²) in [6.07, 6.45) is 0.305. The molecule has 0 bridgehead atoms. The van der Waals surface area contributed by atoms with Crippen LogP contribution in [0, 0.1) is 0 Å². The van der Waals surface area contributed by atoms with E-state index in [0.29, 0.717) is 24.5 Å². The summed E-state index contributed by atoms with van der Waals surface area (Å²) in [5.74, 6) is -1.34. The molecule has 0 aliphatic carbocycles. The van der Waals surface area contributed by atoms with Gasteiger partial charge in [0, 0.05) is 5.56 Å². The van der Waals surface area contributed by atoms with Crippen molar-refractivity contribution < 1.29 is 28.5 Å². The van der Waals surface area contributed by atoms with Crippen LogP contribution in [0.25, 0.3) is 0 Å². The molecular formula is C15H18O6. The molecule has 0 saturated carbocycles. The number of ether oxygens (including phenoxy) is 4. The van der Waals surface area contributed by atoms with Crippen molar-refractivity contribution in [2.75, 3.05) is 26.9 Å². The second kappa shape index (κ2) is 7.19. The fraction of sp³-hybridized carbons (Fsp3) is 0.467. The van der Waals surface area contributed by atoms with Gasteiger partial charge in [-0.15, -0.1) is 0 Å². The van der Waals surface area contributed by atoms with Crippen molar-refractivity contribution in [3.05, 3.63) is 29.3 Å². The Labute approximate surface area is 122 Å². The number of carbonyl (C=O) groups excluding carboxylic acids is 2. The van der Waals surface area contributed by atoms with E-state index in [0.717, 1.165) is 6.42 Å². The molecule has 0 atom stereocenters. The predicted octanol–water partition coefficient (Wildman–Crippen LogP) is 1.88.